The van der Waals surface area contributed by atoms with E-state index < -0.39 is 0 Å². The molecule has 1 aliphatic rings. The van der Waals surface area contributed by atoms with Gasteiger partial charge in [-0.2, -0.15) is 4.98 Å². The van der Waals surface area contributed by atoms with E-state index in [-0.39, 0.29) is 18.4 Å². The molecule has 0 aliphatic carbocycles. The maximum Gasteiger partial charge on any atom is 0.243 e. The molecule has 0 unspecified atom stereocenters. The zero-order chi connectivity index (χ0) is 12.4. The fraction of sp³-hybridized carbons (Fsp3) is 0.385. The molecule has 3 rings (SSSR count). The second kappa shape index (κ2) is 6.37. The van der Waals surface area contributed by atoms with E-state index in [0.717, 1.165) is 30.0 Å². The van der Waals surface area contributed by atoms with Crippen LogP contribution in [-0.2, 0) is 6.42 Å². The number of halogens is 2. The third-order valence-electron chi connectivity index (χ3n) is 3.15. The molecule has 1 N–H and O–H groups in total. The van der Waals surface area contributed by atoms with Crippen molar-refractivity contribution in [1.29, 1.82) is 0 Å². The fourth-order valence-corrected chi connectivity index (χ4v) is 2.39. The number of hydrogen-bond acceptors (Lipinski definition) is 4. The van der Waals surface area contributed by atoms with Crippen molar-refractivity contribution in [2.24, 2.45) is 0 Å². The van der Waals surface area contributed by atoms with E-state index in [4.69, 9.17) is 16.1 Å². The Balaban J connectivity index is 0.00000133. The molecule has 19 heavy (non-hydrogen) atoms. The van der Waals surface area contributed by atoms with Gasteiger partial charge in [0.05, 0.1) is 6.04 Å². The van der Waals surface area contributed by atoms with Crippen molar-refractivity contribution >= 4 is 24.0 Å². The summed E-state index contributed by atoms with van der Waals surface area (Å²) in [7, 11) is 0. The molecule has 1 aromatic heterocycles. The quantitative estimate of drug-likeness (QED) is 0.946. The summed E-state index contributed by atoms with van der Waals surface area (Å²) < 4.78 is 5.29. The Labute approximate surface area is 122 Å². The molecule has 0 saturated carbocycles. The van der Waals surface area contributed by atoms with Gasteiger partial charge < -0.3 is 9.84 Å². The van der Waals surface area contributed by atoms with Crippen LogP contribution in [0.4, 0.5) is 0 Å². The van der Waals surface area contributed by atoms with Crippen LogP contribution in [0.15, 0.2) is 28.8 Å². The summed E-state index contributed by atoms with van der Waals surface area (Å²) in [5, 5.41) is 8.09. The lowest BCUT2D eigenvalue weighted by Gasteiger charge is -2.01. The summed E-state index contributed by atoms with van der Waals surface area (Å²) in [4.78, 5) is 4.43. The van der Waals surface area contributed by atoms with E-state index >= 15 is 0 Å². The molecule has 6 heteroatoms. The second-order valence-corrected chi connectivity index (χ2v) is 4.87. The molecule has 0 bridgehead atoms. The van der Waals surface area contributed by atoms with E-state index in [0.29, 0.717) is 18.1 Å². The summed E-state index contributed by atoms with van der Waals surface area (Å²) in [5.74, 6) is 1.38. The van der Waals surface area contributed by atoms with E-state index in [1.165, 1.54) is 0 Å². The van der Waals surface area contributed by atoms with Crippen LogP contribution < -0.4 is 5.32 Å². The smallest absolute Gasteiger partial charge is 0.243 e. The van der Waals surface area contributed by atoms with Crippen LogP contribution in [0, 0.1) is 0 Å². The molecule has 2 heterocycles. The van der Waals surface area contributed by atoms with Gasteiger partial charge >= 0.3 is 0 Å². The van der Waals surface area contributed by atoms with Crippen molar-refractivity contribution in [3.05, 3.63) is 46.6 Å². The Bertz CT molecular complexity index is 538. The number of aromatic nitrogens is 2. The molecule has 0 spiro atoms. The molecule has 1 fully saturated rings. The number of nitrogens with zero attached hydrogens (tertiary/aromatic N) is 2. The third kappa shape index (κ3) is 3.26. The first-order chi connectivity index (χ1) is 8.83. The Morgan fingerprint density at radius 2 is 2.21 bits per heavy atom. The molecule has 102 valence electrons. The summed E-state index contributed by atoms with van der Waals surface area (Å²) in [5.41, 5.74) is 1.02. The first-order valence-corrected chi connectivity index (χ1v) is 6.50. The molecule has 1 aliphatic heterocycles. The summed E-state index contributed by atoms with van der Waals surface area (Å²) in [6.45, 7) is 1.02. The number of benzene rings is 1. The lowest BCUT2D eigenvalue weighted by molar-refractivity contribution is 0.341. The number of rotatable bonds is 3. The molecule has 0 radical (unpaired) electrons. The Kier molecular flexibility index (Phi) is 4.80. The maximum absolute atomic E-state index is 6.11. The summed E-state index contributed by atoms with van der Waals surface area (Å²) in [6.07, 6.45) is 2.83. The van der Waals surface area contributed by atoms with Crippen LogP contribution >= 0.6 is 24.0 Å². The van der Waals surface area contributed by atoms with Crippen LogP contribution in [0.2, 0.25) is 5.02 Å². The Morgan fingerprint density at radius 3 is 2.95 bits per heavy atom. The van der Waals surface area contributed by atoms with Gasteiger partial charge in [0.25, 0.3) is 0 Å². The first-order valence-electron chi connectivity index (χ1n) is 6.12. The topological polar surface area (TPSA) is 51.0 Å². The van der Waals surface area contributed by atoms with Gasteiger partial charge in [-0.3, -0.25) is 0 Å². The molecule has 1 saturated heterocycles. The predicted octanol–water partition coefficient (Wildman–Crippen LogP) is 3.16. The molecule has 1 aromatic carbocycles. The molecule has 1 atom stereocenters. The average Bonchev–Trinajstić information content (AvgIpc) is 3.02. The minimum absolute atomic E-state index is 0. The molecule has 2 aromatic rings. The minimum Gasteiger partial charge on any atom is -0.338 e. The van der Waals surface area contributed by atoms with Gasteiger partial charge in [0, 0.05) is 11.4 Å². The fourth-order valence-electron chi connectivity index (χ4n) is 2.19. The second-order valence-electron chi connectivity index (χ2n) is 4.47. The van der Waals surface area contributed by atoms with Gasteiger partial charge in [-0.25, -0.2) is 0 Å². The lowest BCUT2D eigenvalue weighted by Crippen LogP contribution is -2.13. The van der Waals surface area contributed by atoms with Crippen molar-refractivity contribution in [2.75, 3.05) is 6.54 Å². The Morgan fingerprint density at radius 1 is 1.37 bits per heavy atom. The van der Waals surface area contributed by atoms with Crippen LogP contribution in [-0.4, -0.2) is 16.7 Å². The Hall–Kier alpha value is -1.10. The SMILES string of the molecule is Cl.Clc1ccccc1Cc1noc([C@@H]2CCCN2)n1. The van der Waals surface area contributed by atoms with Crippen LogP contribution in [0.5, 0.6) is 0 Å². The van der Waals surface area contributed by atoms with Crippen LogP contribution in [0.1, 0.15) is 36.2 Å². The van der Waals surface area contributed by atoms with E-state index in [2.05, 4.69) is 15.5 Å². The van der Waals surface area contributed by atoms with E-state index in [9.17, 15) is 0 Å². The van der Waals surface area contributed by atoms with E-state index in [1.807, 2.05) is 24.3 Å². The highest BCUT2D eigenvalue weighted by Gasteiger charge is 2.22. The van der Waals surface area contributed by atoms with Gasteiger partial charge in [0.1, 0.15) is 0 Å². The standard InChI is InChI=1S/C13H14ClN3O.ClH/c14-10-5-2-1-4-9(10)8-12-16-13(18-17-12)11-6-3-7-15-11;/h1-2,4-5,11,15H,3,6-8H2;1H/t11-;/m0./s1. The average molecular weight is 300 g/mol. The predicted molar refractivity (Wildman–Crippen MR) is 75.8 cm³/mol. The van der Waals surface area contributed by atoms with E-state index in [1.54, 1.807) is 0 Å². The van der Waals surface area contributed by atoms with Crippen LogP contribution in [0.25, 0.3) is 0 Å². The largest absolute Gasteiger partial charge is 0.338 e. The van der Waals surface area contributed by atoms with Crippen molar-refractivity contribution in [1.82, 2.24) is 15.5 Å². The van der Waals surface area contributed by atoms with Crippen LogP contribution in [0.3, 0.4) is 0 Å². The first kappa shape index (κ1) is 14.3. The van der Waals surface area contributed by atoms with Gasteiger partial charge in [-0.15, -0.1) is 12.4 Å². The number of nitrogens with one attached hydrogen (secondary N) is 1. The molecule has 4 nitrogen and oxygen atoms in total. The van der Waals surface area contributed by atoms with Crippen molar-refractivity contribution in [3.8, 4) is 0 Å². The van der Waals surface area contributed by atoms with Gasteiger partial charge in [0.2, 0.25) is 5.89 Å². The van der Waals surface area contributed by atoms with Gasteiger partial charge in [-0.1, -0.05) is 35.0 Å². The zero-order valence-corrected chi connectivity index (χ0v) is 11.9. The molecular weight excluding hydrogens is 285 g/mol. The molecule has 0 amide bonds. The summed E-state index contributed by atoms with van der Waals surface area (Å²) in [6, 6.07) is 7.94. The zero-order valence-electron chi connectivity index (χ0n) is 10.3. The van der Waals surface area contributed by atoms with Crippen molar-refractivity contribution in [2.45, 2.75) is 25.3 Å². The van der Waals surface area contributed by atoms with Gasteiger partial charge in [0.15, 0.2) is 5.82 Å². The number of hydrogen-bond donors (Lipinski definition) is 1. The normalized spacial score (nSPS) is 18.3. The highest BCUT2D eigenvalue weighted by molar-refractivity contribution is 6.31. The van der Waals surface area contributed by atoms with Crippen molar-refractivity contribution < 1.29 is 4.52 Å². The molecular formula is C13H15Cl2N3O. The minimum atomic E-state index is 0. The summed E-state index contributed by atoms with van der Waals surface area (Å²) >= 11 is 6.11. The van der Waals surface area contributed by atoms with Crippen molar-refractivity contribution in [3.63, 3.8) is 0 Å². The maximum atomic E-state index is 6.11. The van der Waals surface area contributed by atoms with Gasteiger partial charge in [-0.05, 0) is 31.0 Å². The monoisotopic (exact) mass is 299 g/mol. The highest BCUT2D eigenvalue weighted by atomic mass is 35.5. The third-order valence-corrected chi connectivity index (χ3v) is 3.52. The highest BCUT2D eigenvalue weighted by Crippen LogP contribution is 2.22. The lowest BCUT2D eigenvalue weighted by atomic mass is 10.1.